The smallest absolute Gasteiger partial charge is 0.191 e. The third-order valence-corrected chi connectivity index (χ3v) is 5.62. The fourth-order valence-corrected chi connectivity index (χ4v) is 3.88. The van der Waals surface area contributed by atoms with E-state index in [2.05, 4.69) is 53.3 Å². The van der Waals surface area contributed by atoms with Crippen molar-refractivity contribution in [3.63, 3.8) is 0 Å². The molecule has 0 spiro atoms. The summed E-state index contributed by atoms with van der Waals surface area (Å²) in [5, 5.41) is 6.81. The van der Waals surface area contributed by atoms with Crippen LogP contribution in [0.3, 0.4) is 0 Å². The molecule has 1 aliphatic heterocycles. The van der Waals surface area contributed by atoms with Crippen molar-refractivity contribution in [2.75, 3.05) is 52.4 Å². The molecule has 0 aromatic carbocycles. The van der Waals surface area contributed by atoms with Crippen molar-refractivity contribution >= 4 is 41.3 Å². The quantitative estimate of drug-likeness (QED) is 0.240. The maximum atomic E-state index is 4.69. The van der Waals surface area contributed by atoms with Crippen molar-refractivity contribution in [2.24, 2.45) is 4.99 Å². The number of aryl methyl sites for hydroxylation is 1. The lowest BCUT2D eigenvalue weighted by Crippen LogP contribution is -2.46. The molecule has 2 N–H and O–H groups in total. The molecule has 0 amide bonds. The van der Waals surface area contributed by atoms with Crippen LogP contribution >= 0.6 is 35.3 Å². The Balaban J connectivity index is 0.00000338. The zero-order chi connectivity index (χ0) is 17.9. The Morgan fingerprint density at radius 2 is 1.81 bits per heavy atom. The fraction of sp³-hybridized carbons (Fsp3) is 0.737. The summed E-state index contributed by atoms with van der Waals surface area (Å²) in [5.41, 5.74) is 0. The van der Waals surface area contributed by atoms with Gasteiger partial charge in [-0.05, 0) is 51.9 Å². The summed E-state index contributed by atoms with van der Waals surface area (Å²) in [4.78, 5) is 12.5. The van der Waals surface area contributed by atoms with Crippen molar-refractivity contribution in [3.8, 4) is 0 Å². The summed E-state index contributed by atoms with van der Waals surface area (Å²) in [6.07, 6.45) is 2.44. The summed E-state index contributed by atoms with van der Waals surface area (Å²) < 4.78 is 0. The van der Waals surface area contributed by atoms with Crippen LogP contribution < -0.4 is 10.6 Å². The number of nitrogens with zero attached hydrogens (tertiary/aromatic N) is 3. The van der Waals surface area contributed by atoms with Gasteiger partial charge in [0.05, 0.1) is 6.54 Å². The number of aliphatic imine (C=N–C) groups is 1. The molecule has 5 nitrogen and oxygen atoms in total. The Morgan fingerprint density at radius 3 is 2.42 bits per heavy atom. The molecule has 1 saturated heterocycles. The second-order valence-corrected chi connectivity index (χ2v) is 7.99. The van der Waals surface area contributed by atoms with Gasteiger partial charge in [-0.2, -0.15) is 0 Å². The third-order valence-electron chi connectivity index (χ3n) is 4.64. The average Bonchev–Trinajstić information content (AvgIpc) is 3.05. The minimum Gasteiger partial charge on any atom is -0.357 e. The Bertz CT molecular complexity index is 512. The normalized spacial score (nSPS) is 16.3. The van der Waals surface area contributed by atoms with Gasteiger partial charge in [0.2, 0.25) is 0 Å². The van der Waals surface area contributed by atoms with Gasteiger partial charge in [-0.15, -0.1) is 35.3 Å². The van der Waals surface area contributed by atoms with E-state index < -0.39 is 0 Å². The van der Waals surface area contributed by atoms with Crippen molar-refractivity contribution < 1.29 is 0 Å². The predicted octanol–water partition coefficient (Wildman–Crippen LogP) is 3.15. The molecular formula is C19H36IN5S. The molecule has 2 rings (SSSR count). The first-order valence-corrected chi connectivity index (χ1v) is 10.5. The van der Waals surface area contributed by atoms with Crippen molar-refractivity contribution in [1.29, 1.82) is 0 Å². The summed E-state index contributed by atoms with van der Waals surface area (Å²) in [5.74, 6) is 0.935. The molecule has 0 radical (unpaired) electrons. The minimum absolute atomic E-state index is 0. The number of nitrogens with one attached hydrogen (secondary N) is 2. The maximum Gasteiger partial charge on any atom is 0.191 e. The highest BCUT2D eigenvalue weighted by Gasteiger charge is 2.14. The van der Waals surface area contributed by atoms with Crippen molar-refractivity contribution in [1.82, 2.24) is 20.4 Å². The van der Waals surface area contributed by atoms with E-state index >= 15 is 0 Å². The van der Waals surface area contributed by atoms with Gasteiger partial charge in [0.1, 0.15) is 0 Å². The lowest BCUT2D eigenvalue weighted by Gasteiger charge is -2.34. The number of rotatable bonds is 9. The number of halogens is 1. The summed E-state index contributed by atoms with van der Waals surface area (Å²) in [7, 11) is 0. The van der Waals surface area contributed by atoms with E-state index in [0.29, 0.717) is 0 Å². The van der Waals surface area contributed by atoms with Gasteiger partial charge in [-0.1, -0.05) is 6.92 Å². The molecule has 1 aliphatic rings. The van der Waals surface area contributed by atoms with Crippen molar-refractivity contribution in [2.45, 2.75) is 40.2 Å². The number of piperazine rings is 1. The number of thiophene rings is 1. The van der Waals surface area contributed by atoms with Crippen LogP contribution in [-0.4, -0.2) is 68.1 Å². The summed E-state index contributed by atoms with van der Waals surface area (Å²) in [6.45, 7) is 16.5. The van der Waals surface area contributed by atoms with Crippen LogP contribution in [0.25, 0.3) is 0 Å². The predicted molar refractivity (Wildman–Crippen MR) is 125 cm³/mol. The van der Waals surface area contributed by atoms with E-state index in [1.807, 2.05) is 11.3 Å². The van der Waals surface area contributed by atoms with Crippen LogP contribution in [0.5, 0.6) is 0 Å². The first-order chi connectivity index (χ1) is 12.2. The van der Waals surface area contributed by atoms with Gasteiger partial charge in [0, 0.05) is 49.0 Å². The molecule has 0 atom stereocenters. The molecule has 150 valence electrons. The molecule has 0 unspecified atom stereocenters. The Kier molecular flexibility index (Phi) is 12.5. The maximum absolute atomic E-state index is 4.69. The largest absolute Gasteiger partial charge is 0.357 e. The monoisotopic (exact) mass is 493 g/mol. The van der Waals surface area contributed by atoms with E-state index in [4.69, 9.17) is 4.99 Å². The second-order valence-electron chi connectivity index (χ2n) is 6.62. The van der Waals surface area contributed by atoms with Gasteiger partial charge in [-0.25, -0.2) is 4.99 Å². The zero-order valence-electron chi connectivity index (χ0n) is 16.6. The van der Waals surface area contributed by atoms with Gasteiger partial charge < -0.3 is 20.4 Å². The van der Waals surface area contributed by atoms with Gasteiger partial charge in [0.25, 0.3) is 0 Å². The first kappa shape index (κ1) is 23.7. The third kappa shape index (κ3) is 9.01. The Labute approximate surface area is 180 Å². The molecule has 2 heterocycles. The Hall–Kier alpha value is -0.380. The molecule has 0 bridgehead atoms. The standard InChI is InChI=1S/C19H35N5S.HI/c1-4-20-19(22-16-18-9-8-17(3)25-18)21-10-6-7-11-24-14-12-23(5-2)13-15-24;/h8-9H,4-7,10-16H2,1-3H3,(H2,20,21,22);1H. The van der Waals surface area contributed by atoms with Crippen molar-refractivity contribution in [3.05, 3.63) is 21.9 Å². The number of hydrogen-bond donors (Lipinski definition) is 2. The second kappa shape index (κ2) is 13.7. The Morgan fingerprint density at radius 1 is 1.08 bits per heavy atom. The SMILES string of the molecule is CCNC(=NCc1ccc(C)s1)NCCCCN1CCN(CC)CC1.I. The number of unbranched alkanes of at least 4 members (excludes halogenated alkanes) is 1. The number of hydrogen-bond acceptors (Lipinski definition) is 4. The van der Waals surface area contributed by atoms with E-state index in [1.165, 1.54) is 61.9 Å². The van der Waals surface area contributed by atoms with E-state index in [-0.39, 0.29) is 24.0 Å². The van der Waals surface area contributed by atoms with Crippen LogP contribution in [0.2, 0.25) is 0 Å². The molecule has 26 heavy (non-hydrogen) atoms. The molecule has 0 saturated carbocycles. The number of guanidine groups is 1. The van der Waals surface area contributed by atoms with E-state index in [1.54, 1.807) is 0 Å². The molecule has 1 fully saturated rings. The summed E-state index contributed by atoms with van der Waals surface area (Å²) >= 11 is 1.83. The van der Waals surface area contributed by atoms with E-state index in [0.717, 1.165) is 25.6 Å². The lowest BCUT2D eigenvalue weighted by molar-refractivity contribution is 0.136. The topological polar surface area (TPSA) is 42.9 Å². The lowest BCUT2D eigenvalue weighted by atomic mass is 10.2. The zero-order valence-corrected chi connectivity index (χ0v) is 19.7. The highest BCUT2D eigenvalue weighted by molar-refractivity contribution is 14.0. The highest BCUT2D eigenvalue weighted by atomic mass is 127. The molecule has 7 heteroatoms. The number of likely N-dealkylation sites (N-methyl/N-ethyl adjacent to an activating group) is 1. The first-order valence-electron chi connectivity index (χ1n) is 9.73. The summed E-state index contributed by atoms with van der Waals surface area (Å²) in [6, 6.07) is 4.33. The highest BCUT2D eigenvalue weighted by Crippen LogP contribution is 2.15. The van der Waals surface area contributed by atoms with Gasteiger partial charge in [-0.3, -0.25) is 0 Å². The van der Waals surface area contributed by atoms with Gasteiger partial charge >= 0.3 is 0 Å². The molecule has 0 aliphatic carbocycles. The molecule has 1 aromatic rings. The fourth-order valence-electron chi connectivity index (χ4n) is 3.07. The average molecular weight is 494 g/mol. The van der Waals surface area contributed by atoms with Crippen LogP contribution in [0.4, 0.5) is 0 Å². The van der Waals surface area contributed by atoms with Crippen LogP contribution in [0.1, 0.15) is 36.4 Å². The van der Waals surface area contributed by atoms with Crippen LogP contribution in [0, 0.1) is 6.92 Å². The molecule has 1 aromatic heterocycles. The van der Waals surface area contributed by atoms with Crippen LogP contribution in [-0.2, 0) is 6.54 Å². The van der Waals surface area contributed by atoms with Gasteiger partial charge in [0.15, 0.2) is 5.96 Å². The molecular weight excluding hydrogens is 457 g/mol. The van der Waals surface area contributed by atoms with Crippen LogP contribution in [0.15, 0.2) is 17.1 Å². The van der Waals surface area contributed by atoms with E-state index in [9.17, 15) is 0 Å². The minimum atomic E-state index is 0.